The fraction of sp³-hybridized carbons (Fsp3) is 0.500. The molecule has 1 aliphatic rings. The summed E-state index contributed by atoms with van der Waals surface area (Å²) in [5, 5.41) is 0. The number of fused-ring (bicyclic) bond motifs is 1. The molecule has 0 bridgehead atoms. The molecule has 1 aromatic heterocycles. The molecule has 0 spiro atoms. The Bertz CT molecular complexity index is 538. The number of benzene rings is 1. The van der Waals surface area contributed by atoms with Gasteiger partial charge in [-0.1, -0.05) is 25.0 Å². The molecule has 0 atom stereocenters. The molecule has 17 heavy (non-hydrogen) atoms. The quantitative estimate of drug-likeness (QED) is 0.733. The fourth-order valence-corrected chi connectivity index (χ4v) is 3.31. The summed E-state index contributed by atoms with van der Waals surface area (Å²) in [4.78, 5) is 4.65. The Morgan fingerprint density at radius 1 is 1.29 bits per heavy atom. The molecule has 1 fully saturated rings. The van der Waals surface area contributed by atoms with Crippen molar-refractivity contribution >= 4 is 22.6 Å². The number of alkyl halides is 1. The molecular weight excluding hydrogens is 232 g/mol. The van der Waals surface area contributed by atoms with Gasteiger partial charge in [0, 0.05) is 5.54 Å². The van der Waals surface area contributed by atoms with Gasteiger partial charge in [0.2, 0.25) is 0 Å². The second kappa shape index (κ2) is 4.02. The van der Waals surface area contributed by atoms with Gasteiger partial charge in [0.1, 0.15) is 5.82 Å². The van der Waals surface area contributed by atoms with Gasteiger partial charge >= 0.3 is 0 Å². The molecule has 0 amide bonds. The van der Waals surface area contributed by atoms with Crippen LogP contribution in [0, 0.1) is 0 Å². The zero-order valence-electron chi connectivity index (χ0n) is 10.1. The maximum atomic E-state index is 6.06. The maximum Gasteiger partial charge on any atom is 0.125 e. The molecule has 0 radical (unpaired) electrons. The highest BCUT2D eigenvalue weighted by Crippen LogP contribution is 2.39. The molecule has 1 aliphatic carbocycles. The molecule has 0 N–H and O–H groups in total. The number of nitrogens with zero attached hydrogens (tertiary/aromatic N) is 2. The lowest BCUT2D eigenvalue weighted by Crippen LogP contribution is -2.27. The van der Waals surface area contributed by atoms with E-state index in [1.165, 1.54) is 31.2 Å². The van der Waals surface area contributed by atoms with Crippen molar-refractivity contribution in [3.63, 3.8) is 0 Å². The van der Waals surface area contributed by atoms with Crippen LogP contribution >= 0.6 is 11.6 Å². The van der Waals surface area contributed by atoms with Crippen molar-refractivity contribution in [3.8, 4) is 0 Å². The van der Waals surface area contributed by atoms with Gasteiger partial charge in [0.05, 0.1) is 16.9 Å². The highest BCUT2D eigenvalue weighted by atomic mass is 35.5. The second-order valence-electron chi connectivity index (χ2n) is 5.19. The van der Waals surface area contributed by atoms with Crippen LogP contribution in [-0.4, -0.2) is 9.55 Å². The Kier molecular flexibility index (Phi) is 2.62. The monoisotopic (exact) mass is 248 g/mol. The molecule has 90 valence electrons. The third-order valence-corrected chi connectivity index (χ3v) is 4.21. The van der Waals surface area contributed by atoms with E-state index in [-0.39, 0.29) is 5.54 Å². The van der Waals surface area contributed by atoms with Gasteiger partial charge in [-0.3, -0.25) is 0 Å². The van der Waals surface area contributed by atoms with Gasteiger partial charge in [0.15, 0.2) is 0 Å². The Labute approximate surface area is 107 Å². The number of hydrogen-bond acceptors (Lipinski definition) is 1. The van der Waals surface area contributed by atoms with Crippen LogP contribution < -0.4 is 0 Å². The normalized spacial score (nSPS) is 18.9. The van der Waals surface area contributed by atoms with Crippen molar-refractivity contribution in [3.05, 3.63) is 30.1 Å². The molecule has 0 unspecified atom stereocenters. The average molecular weight is 249 g/mol. The van der Waals surface area contributed by atoms with Gasteiger partial charge in [-0.15, -0.1) is 11.6 Å². The van der Waals surface area contributed by atoms with Crippen molar-refractivity contribution in [2.24, 2.45) is 0 Å². The first-order valence-electron chi connectivity index (χ1n) is 6.27. The van der Waals surface area contributed by atoms with E-state index >= 15 is 0 Å². The number of hydrogen-bond donors (Lipinski definition) is 0. The summed E-state index contributed by atoms with van der Waals surface area (Å²) >= 11 is 6.06. The predicted octanol–water partition coefficient (Wildman–Crippen LogP) is 4.06. The van der Waals surface area contributed by atoms with Gasteiger partial charge in [-0.05, 0) is 31.9 Å². The summed E-state index contributed by atoms with van der Waals surface area (Å²) in [5.74, 6) is 1.50. The Morgan fingerprint density at radius 2 is 2.00 bits per heavy atom. The molecular formula is C14H17ClN2. The zero-order valence-corrected chi connectivity index (χ0v) is 10.9. The Balaban J connectivity index is 2.25. The van der Waals surface area contributed by atoms with E-state index in [4.69, 9.17) is 11.6 Å². The Morgan fingerprint density at radius 3 is 2.71 bits per heavy atom. The van der Waals surface area contributed by atoms with Crippen LogP contribution in [0.2, 0.25) is 0 Å². The van der Waals surface area contributed by atoms with E-state index in [0.29, 0.717) is 5.88 Å². The number of rotatable bonds is 2. The highest BCUT2D eigenvalue weighted by Gasteiger charge is 2.33. The van der Waals surface area contributed by atoms with Crippen molar-refractivity contribution in [1.29, 1.82) is 0 Å². The van der Waals surface area contributed by atoms with E-state index in [2.05, 4.69) is 34.7 Å². The first-order valence-corrected chi connectivity index (χ1v) is 6.81. The highest BCUT2D eigenvalue weighted by molar-refractivity contribution is 6.16. The lowest BCUT2D eigenvalue weighted by Gasteiger charge is -2.28. The van der Waals surface area contributed by atoms with Gasteiger partial charge < -0.3 is 4.57 Å². The van der Waals surface area contributed by atoms with E-state index in [1.54, 1.807) is 0 Å². The van der Waals surface area contributed by atoms with E-state index in [0.717, 1.165) is 11.3 Å². The minimum absolute atomic E-state index is 0.209. The first kappa shape index (κ1) is 11.1. The van der Waals surface area contributed by atoms with Crippen LogP contribution in [0.15, 0.2) is 24.3 Å². The van der Waals surface area contributed by atoms with Gasteiger partial charge in [-0.2, -0.15) is 0 Å². The second-order valence-corrected chi connectivity index (χ2v) is 5.46. The molecule has 0 saturated heterocycles. The summed E-state index contributed by atoms with van der Waals surface area (Å²) in [6.07, 6.45) is 5.09. The predicted molar refractivity (Wildman–Crippen MR) is 71.4 cm³/mol. The van der Waals surface area contributed by atoms with Crippen LogP contribution in [-0.2, 0) is 11.4 Å². The van der Waals surface area contributed by atoms with Crippen LogP contribution in [0.25, 0.3) is 11.0 Å². The smallest absolute Gasteiger partial charge is 0.125 e. The van der Waals surface area contributed by atoms with Crippen LogP contribution in [0.1, 0.15) is 38.4 Å². The molecule has 0 aliphatic heterocycles. The summed E-state index contributed by atoms with van der Waals surface area (Å²) in [6.45, 7) is 2.34. The average Bonchev–Trinajstić information content (AvgIpc) is 2.92. The lowest BCUT2D eigenvalue weighted by atomic mass is 9.99. The standard InChI is InChI=1S/C14H17ClN2/c1-14(8-4-5-9-14)17-12-7-3-2-6-11(12)16-13(17)10-15/h2-3,6-7H,4-5,8-10H2,1H3. The topological polar surface area (TPSA) is 17.8 Å². The molecule has 3 rings (SSSR count). The third-order valence-electron chi connectivity index (χ3n) is 3.97. The first-order chi connectivity index (χ1) is 8.24. The number of imidazole rings is 1. The molecule has 2 aromatic rings. The van der Waals surface area contributed by atoms with Crippen molar-refractivity contribution in [2.45, 2.75) is 44.0 Å². The molecule has 1 saturated carbocycles. The van der Waals surface area contributed by atoms with E-state index in [1.807, 2.05) is 6.07 Å². The number of aromatic nitrogens is 2. The summed E-state index contributed by atoms with van der Waals surface area (Å²) in [5.41, 5.74) is 2.50. The molecule has 1 heterocycles. The fourth-order valence-electron chi connectivity index (χ4n) is 3.13. The largest absolute Gasteiger partial charge is 0.321 e. The van der Waals surface area contributed by atoms with Crippen LogP contribution in [0.3, 0.4) is 0 Å². The van der Waals surface area contributed by atoms with Crippen molar-refractivity contribution in [1.82, 2.24) is 9.55 Å². The SMILES string of the molecule is CC1(n2c(CCl)nc3ccccc32)CCCC1. The number of halogens is 1. The molecule has 2 nitrogen and oxygen atoms in total. The van der Waals surface area contributed by atoms with Crippen molar-refractivity contribution in [2.75, 3.05) is 0 Å². The van der Waals surface area contributed by atoms with Gasteiger partial charge in [0.25, 0.3) is 0 Å². The lowest BCUT2D eigenvalue weighted by molar-refractivity contribution is 0.331. The van der Waals surface area contributed by atoms with E-state index in [9.17, 15) is 0 Å². The van der Waals surface area contributed by atoms with Crippen LogP contribution in [0.5, 0.6) is 0 Å². The van der Waals surface area contributed by atoms with Crippen LogP contribution in [0.4, 0.5) is 0 Å². The van der Waals surface area contributed by atoms with E-state index < -0.39 is 0 Å². The zero-order chi connectivity index (χ0) is 11.9. The van der Waals surface area contributed by atoms with Crippen molar-refractivity contribution < 1.29 is 0 Å². The minimum Gasteiger partial charge on any atom is -0.321 e. The summed E-state index contributed by atoms with van der Waals surface area (Å²) < 4.78 is 2.38. The third kappa shape index (κ3) is 1.66. The molecule has 3 heteroatoms. The maximum absolute atomic E-state index is 6.06. The minimum atomic E-state index is 0.209. The molecule has 1 aromatic carbocycles. The number of para-hydroxylation sites is 2. The van der Waals surface area contributed by atoms with Gasteiger partial charge in [-0.25, -0.2) is 4.98 Å². The summed E-state index contributed by atoms with van der Waals surface area (Å²) in [6, 6.07) is 8.34. The Hall–Kier alpha value is -1.02. The summed E-state index contributed by atoms with van der Waals surface area (Å²) in [7, 11) is 0.